The summed E-state index contributed by atoms with van der Waals surface area (Å²) >= 11 is 0. The number of anilines is 1. The van der Waals surface area contributed by atoms with E-state index in [0.717, 1.165) is 0 Å². The van der Waals surface area contributed by atoms with Crippen molar-refractivity contribution < 1.29 is 17.9 Å². The van der Waals surface area contributed by atoms with Gasteiger partial charge >= 0.3 is 5.97 Å². The predicted molar refractivity (Wildman–Crippen MR) is 81.8 cm³/mol. The van der Waals surface area contributed by atoms with E-state index in [9.17, 15) is 13.2 Å². The maximum Gasteiger partial charge on any atom is 0.325 e. The van der Waals surface area contributed by atoms with E-state index in [4.69, 9.17) is 0 Å². The third kappa shape index (κ3) is 4.71. The van der Waals surface area contributed by atoms with Gasteiger partial charge in [-0.2, -0.15) is 0 Å². The van der Waals surface area contributed by atoms with E-state index >= 15 is 0 Å². The minimum Gasteiger partial charge on any atom is -0.468 e. The minimum absolute atomic E-state index is 0.00725. The Morgan fingerprint density at radius 3 is 2.52 bits per heavy atom. The number of sulfonamides is 1. The van der Waals surface area contributed by atoms with Crippen molar-refractivity contribution in [3.05, 3.63) is 24.3 Å². The van der Waals surface area contributed by atoms with E-state index in [0.29, 0.717) is 25.2 Å². The smallest absolute Gasteiger partial charge is 0.325 e. The van der Waals surface area contributed by atoms with Crippen molar-refractivity contribution >= 4 is 21.7 Å². The first kappa shape index (κ1) is 17.5. The Kier molecular flexibility index (Phi) is 6.64. The third-order valence-electron chi connectivity index (χ3n) is 2.97. The van der Waals surface area contributed by atoms with Crippen LogP contribution in [0.1, 0.15) is 20.3 Å². The lowest BCUT2D eigenvalue weighted by molar-refractivity contribution is -0.138. The van der Waals surface area contributed by atoms with Gasteiger partial charge in [0.05, 0.1) is 12.8 Å². The monoisotopic (exact) mass is 314 g/mol. The van der Waals surface area contributed by atoms with Crippen LogP contribution in [-0.2, 0) is 19.6 Å². The van der Waals surface area contributed by atoms with Crippen LogP contribution in [0.3, 0.4) is 0 Å². The number of esters is 1. The molecule has 1 aromatic rings. The Balaban J connectivity index is 3.16. The number of likely N-dealkylation sites (N-methyl/N-ethyl adjacent to an activating group) is 1. The molecule has 0 aliphatic rings. The largest absolute Gasteiger partial charge is 0.468 e. The molecule has 0 heterocycles. The fraction of sp³-hybridized carbons (Fsp3) is 0.500. The van der Waals surface area contributed by atoms with E-state index < -0.39 is 16.0 Å². The van der Waals surface area contributed by atoms with Crippen LogP contribution in [0.25, 0.3) is 0 Å². The first-order chi connectivity index (χ1) is 9.96. The summed E-state index contributed by atoms with van der Waals surface area (Å²) in [7, 11) is -2.29. The zero-order chi connectivity index (χ0) is 15.9. The highest BCUT2D eigenvalue weighted by atomic mass is 32.2. The molecular formula is C14H22N2O4S. The third-order valence-corrected chi connectivity index (χ3v) is 4.48. The van der Waals surface area contributed by atoms with Crippen LogP contribution in [0.15, 0.2) is 29.2 Å². The number of carbonyl (C=O) groups is 1. The van der Waals surface area contributed by atoms with Crippen LogP contribution in [-0.4, -0.2) is 41.1 Å². The average Bonchev–Trinajstić information content (AvgIpc) is 2.50. The quantitative estimate of drug-likeness (QED) is 0.734. The molecule has 118 valence electrons. The van der Waals surface area contributed by atoms with Crippen molar-refractivity contribution in [1.82, 2.24) is 4.72 Å². The fourth-order valence-electron chi connectivity index (χ4n) is 1.85. The van der Waals surface area contributed by atoms with Gasteiger partial charge in [0.25, 0.3) is 0 Å². The van der Waals surface area contributed by atoms with Crippen LogP contribution in [0.2, 0.25) is 0 Å². The number of hydrogen-bond donors (Lipinski definition) is 1. The van der Waals surface area contributed by atoms with E-state index in [2.05, 4.69) is 9.46 Å². The molecule has 0 aliphatic carbocycles. The van der Waals surface area contributed by atoms with Crippen molar-refractivity contribution in [1.29, 1.82) is 0 Å². The van der Waals surface area contributed by atoms with Gasteiger partial charge in [0, 0.05) is 13.1 Å². The van der Waals surface area contributed by atoms with Crippen molar-refractivity contribution in [2.75, 3.05) is 31.6 Å². The molecule has 0 unspecified atom stereocenters. The topological polar surface area (TPSA) is 75.7 Å². The summed E-state index contributed by atoms with van der Waals surface area (Å²) in [6.07, 6.45) is 0.709. The molecule has 1 aromatic carbocycles. The lowest BCUT2D eigenvalue weighted by atomic mass is 10.3. The van der Waals surface area contributed by atoms with E-state index in [1.807, 2.05) is 13.8 Å². The molecule has 7 heteroatoms. The number of ether oxygens (including phenoxy) is 1. The van der Waals surface area contributed by atoms with Crippen LogP contribution >= 0.6 is 0 Å². The molecule has 0 saturated heterocycles. The maximum atomic E-state index is 12.3. The Bertz CT molecular complexity index is 572. The first-order valence-corrected chi connectivity index (χ1v) is 8.35. The van der Waals surface area contributed by atoms with Gasteiger partial charge < -0.3 is 9.64 Å². The average molecular weight is 314 g/mol. The summed E-state index contributed by atoms with van der Waals surface area (Å²) in [4.78, 5) is 13.3. The van der Waals surface area contributed by atoms with Crippen molar-refractivity contribution in [3.63, 3.8) is 0 Å². The number of hydrogen-bond acceptors (Lipinski definition) is 5. The molecule has 0 aromatic heterocycles. The lowest BCUT2D eigenvalue weighted by Crippen LogP contribution is -2.33. The Labute approximate surface area is 126 Å². The number of benzene rings is 1. The van der Waals surface area contributed by atoms with Gasteiger partial charge in [0.2, 0.25) is 10.0 Å². The van der Waals surface area contributed by atoms with Crippen LogP contribution in [0.4, 0.5) is 5.69 Å². The fourth-order valence-corrected chi connectivity index (χ4v) is 3.21. The molecule has 0 atom stereocenters. The van der Waals surface area contributed by atoms with Crippen molar-refractivity contribution in [2.45, 2.75) is 25.2 Å². The van der Waals surface area contributed by atoms with E-state index in [1.165, 1.54) is 13.2 Å². The molecule has 0 aliphatic heterocycles. The number of nitrogens with one attached hydrogen (secondary N) is 1. The van der Waals surface area contributed by atoms with Gasteiger partial charge in [-0.3, -0.25) is 4.79 Å². The second-order valence-electron chi connectivity index (χ2n) is 4.46. The summed E-state index contributed by atoms with van der Waals surface area (Å²) in [5.74, 6) is -0.412. The zero-order valence-corrected chi connectivity index (χ0v) is 13.4. The lowest BCUT2D eigenvalue weighted by Gasteiger charge is -2.24. The highest BCUT2D eigenvalue weighted by Gasteiger charge is 2.21. The molecule has 1 rings (SSSR count). The number of nitrogens with zero attached hydrogens (tertiary/aromatic N) is 1. The molecule has 0 amide bonds. The first-order valence-electron chi connectivity index (χ1n) is 6.86. The number of methoxy groups -OCH3 is 1. The van der Waals surface area contributed by atoms with Gasteiger partial charge in [-0.05, 0) is 25.5 Å². The molecular weight excluding hydrogens is 292 g/mol. The predicted octanol–water partition coefficient (Wildman–Crippen LogP) is 1.37. The summed E-state index contributed by atoms with van der Waals surface area (Å²) in [6.45, 7) is 4.62. The Hall–Kier alpha value is -1.60. The number of carbonyl (C=O) groups excluding carboxylic acids is 1. The van der Waals surface area contributed by atoms with Gasteiger partial charge in [-0.1, -0.05) is 19.1 Å². The van der Waals surface area contributed by atoms with Gasteiger partial charge in [0.15, 0.2) is 0 Å². The summed E-state index contributed by atoms with van der Waals surface area (Å²) in [5, 5.41) is 0. The number of rotatable bonds is 8. The summed E-state index contributed by atoms with van der Waals surface area (Å²) in [6, 6.07) is 6.63. The minimum atomic E-state index is -3.59. The molecule has 0 fully saturated rings. The normalized spacial score (nSPS) is 11.2. The number of para-hydroxylation sites is 1. The van der Waals surface area contributed by atoms with Crippen LogP contribution < -0.4 is 9.62 Å². The summed E-state index contributed by atoms with van der Waals surface area (Å²) in [5.41, 5.74) is 0.494. The highest BCUT2D eigenvalue weighted by molar-refractivity contribution is 7.89. The van der Waals surface area contributed by atoms with E-state index in [-0.39, 0.29) is 11.4 Å². The molecule has 0 saturated carbocycles. The second kappa shape index (κ2) is 7.99. The molecule has 6 nitrogen and oxygen atoms in total. The van der Waals surface area contributed by atoms with Crippen molar-refractivity contribution in [2.24, 2.45) is 0 Å². The van der Waals surface area contributed by atoms with Gasteiger partial charge in [-0.15, -0.1) is 0 Å². The molecule has 1 N–H and O–H groups in total. The Morgan fingerprint density at radius 2 is 1.95 bits per heavy atom. The second-order valence-corrected chi connectivity index (χ2v) is 6.19. The summed E-state index contributed by atoms with van der Waals surface area (Å²) < 4.78 is 31.9. The standard InChI is InChI=1S/C14H22N2O4S/c1-4-10-15-21(18,19)13-9-7-6-8-12(13)16(5-2)11-14(17)20-3/h6-9,15H,4-5,10-11H2,1-3H3. The SMILES string of the molecule is CCCNS(=O)(=O)c1ccccc1N(CC)CC(=O)OC. The molecule has 21 heavy (non-hydrogen) atoms. The van der Waals surface area contributed by atoms with E-state index in [1.54, 1.807) is 23.1 Å². The van der Waals surface area contributed by atoms with Crippen molar-refractivity contribution in [3.8, 4) is 0 Å². The molecule has 0 bridgehead atoms. The maximum absolute atomic E-state index is 12.3. The molecule has 0 spiro atoms. The van der Waals surface area contributed by atoms with Gasteiger partial charge in [0.1, 0.15) is 11.4 Å². The van der Waals surface area contributed by atoms with Gasteiger partial charge in [-0.25, -0.2) is 13.1 Å². The van der Waals surface area contributed by atoms with Crippen LogP contribution in [0.5, 0.6) is 0 Å². The zero-order valence-electron chi connectivity index (χ0n) is 12.6. The Morgan fingerprint density at radius 1 is 1.29 bits per heavy atom. The van der Waals surface area contributed by atoms with Crippen LogP contribution in [0, 0.1) is 0 Å². The highest BCUT2D eigenvalue weighted by Crippen LogP contribution is 2.24. The molecule has 0 radical (unpaired) electrons.